The molecule has 0 aliphatic carbocycles. The maximum Gasteiger partial charge on any atom is -0.0285 e. The first-order valence-corrected chi connectivity index (χ1v) is 1.90. The van der Waals surface area contributed by atoms with Crippen molar-refractivity contribution in [3.63, 3.8) is 0 Å². The molecule has 0 N–H and O–H groups in total. The molecule has 0 amide bonds. The van der Waals surface area contributed by atoms with Crippen molar-refractivity contribution in [2.45, 2.75) is 6.42 Å². The Bertz CT molecular complexity index is 60.4. The molecule has 0 saturated carbocycles. The van der Waals surface area contributed by atoms with Crippen molar-refractivity contribution in [1.82, 2.24) is 0 Å². The van der Waals surface area contributed by atoms with Crippen molar-refractivity contribution in [3.8, 4) is 0 Å². The van der Waals surface area contributed by atoms with Crippen LogP contribution in [0, 0.1) is 6.92 Å². The molecule has 0 aliphatic rings. The van der Waals surface area contributed by atoms with Crippen LogP contribution < -0.4 is 0 Å². The van der Waals surface area contributed by atoms with Gasteiger partial charge in [0.2, 0.25) is 0 Å². The van der Waals surface area contributed by atoms with Crippen molar-refractivity contribution >= 4 is 0 Å². The quantitative estimate of drug-likeness (QED) is 0.446. The van der Waals surface area contributed by atoms with E-state index >= 15 is 0 Å². The standard InChI is InChI=1S/C6H9/c1-4-6(3)5-2/h4H,1-3,5H2. The van der Waals surface area contributed by atoms with Gasteiger partial charge in [0.1, 0.15) is 0 Å². The van der Waals surface area contributed by atoms with E-state index in [1.807, 2.05) is 0 Å². The number of hydrogen-bond donors (Lipinski definition) is 0. The van der Waals surface area contributed by atoms with Crippen LogP contribution in [-0.4, -0.2) is 0 Å². The second-order valence-electron chi connectivity index (χ2n) is 1.11. The number of rotatable bonds is 2. The SMILES string of the molecule is [CH2]CC(=C)C=C. The normalized spacial score (nSPS) is 7.50. The van der Waals surface area contributed by atoms with Crippen LogP contribution in [0.4, 0.5) is 0 Å². The van der Waals surface area contributed by atoms with Crippen molar-refractivity contribution in [2.75, 3.05) is 0 Å². The van der Waals surface area contributed by atoms with E-state index in [-0.39, 0.29) is 0 Å². The van der Waals surface area contributed by atoms with E-state index in [1.165, 1.54) is 0 Å². The molecule has 0 aliphatic heterocycles. The molecule has 33 valence electrons. The monoisotopic (exact) mass is 81.1 g/mol. The Morgan fingerprint density at radius 1 is 1.67 bits per heavy atom. The lowest BCUT2D eigenvalue weighted by molar-refractivity contribution is 1.31. The number of hydrogen-bond acceptors (Lipinski definition) is 0. The summed E-state index contributed by atoms with van der Waals surface area (Å²) in [6, 6.07) is 0. The molecule has 0 rings (SSSR count). The second kappa shape index (κ2) is 2.70. The first kappa shape index (κ1) is 5.48. The highest BCUT2D eigenvalue weighted by Gasteiger charge is 1.72. The Kier molecular flexibility index (Phi) is 2.47. The third-order valence-corrected chi connectivity index (χ3v) is 0.610. The zero-order valence-electron chi connectivity index (χ0n) is 3.91. The van der Waals surface area contributed by atoms with E-state index in [9.17, 15) is 0 Å². The molecule has 0 bridgehead atoms. The van der Waals surface area contributed by atoms with Crippen LogP contribution in [0.25, 0.3) is 0 Å². The highest BCUT2D eigenvalue weighted by atomic mass is 13.8. The number of allylic oxidation sites excluding steroid dienone is 2. The summed E-state index contributed by atoms with van der Waals surface area (Å²) in [7, 11) is 0. The van der Waals surface area contributed by atoms with Gasteiger partial charge in [-0.2, -0.15) is 0 Å². The highest BCUT2D eigenvalue weighted by molar-refractivity contribution is 5.10. The molecule has 1 radical (unpaired) electrons. The molecular weight excluding hydrogens is 72.1 g/mol. The van der Waals surface area contributed by atoms with E-state index in [2.05, 4.69) is 20.1 Å². The van der Waals surface area contributed by atoms with Gasteiger partial charge in [0.05, 0.1) is 0 Å². The van der Waals surface area contributed by atoms with Gasteiger partial charge in [0.25, 0.3) is 0 Å². The lowest BCUT2D eigenvalue weighted by Crippen LogP contribution is -1.63. The smallest absolute Gasteiger partial charge is 0.0285 e. The third-order valence-electron chi connectivity index (χ3n) is 0.610. The summed E-state index contributed by atoms with van der Waals surface area (Å²) >= 11 is 0. The second-order valence-corrected chi connectivity index (χ2v) is 1.11. The summed E-state index contributed by atoms with van der Waals surface area (Å²) < 4.78 is 0. The van der Waals surface area contributed by atoms with E-state index in [4.69, 9.17) is 0 Å². The van der Waals surface area contributed by atoms with E-state index in [1.54, 1.807) is 6.08 Å². The van der Waals surface area contributed by atoms with E-state index in [0.29, 0.717) is 0 Å². The molecule has 0 atom stereocenters. The zero-order chi connectivity index (χ0) is 4.99. The predicted molar refractivity (Wildman–Crippen MR) is 29.3 cm³/mol. The van der Waals surface area contributed by atoms with Gasteiger partial charge in [-0.05, 0) is 13.3 Å². The Morgan fingerprint density at radius 3 is 2.17 bits per heavy atom. The third kappa shape index (κ3) is 1.77. The van der Waals surface area contributed by atoms with Crippen LogP contribution in [0.5, 0.6) is 0 Å². The fraction of sp³-hybridized carbons (Fsp3) is 0.167. The molecule has 0 saturated heterocycles. The maximum absolute atomic E-state index is 3.61. The van der Waals surface area contributed by atoms with Crippen molar-refractivity contribution in [1.29, 1.82) is 0 Å². The summed E-state index contributed by atoms with van der Waals surface area (Å²) in [6.07, 6.45) is 2.48. The molecule has 0 nitrogen and oxygen atoms in total. The largest absolute Gasteiger partial charge is 0.0988 e. The Hall–Kier alpha value is -0.520. The maximum atomic E-state index is 3.61. The molecule has 0 aromatic carbocycles. The minimum absolute atomic E-state index is 0.767. The Balaban J connectivity index is 3.23. The van der Waals surface area contributed by atoms with Crippen LogP contribution in [-0.2, 0) is 0 Å². The van der Waals surface area contributed by atoms with Crippen LogP contribution in [0.1, 0.15) is 6.42 Å². The van der Waals surface area contributed by atoms with E-state index in [0.717, 1.165) is 12.0 Å². The lowest BCUT2D eigenvalue weighted by Gasteiger charge is -1.83. The molecule has 0 heterocycles. The summed E-state index contributed by atoms with van der Waals surface area (Å²) in [5.41, 5.74) is 0.995. The molecule has 0 aromatic rings. The van der Waals surface area contributed by atoms with Gasteiger partial charge in [-0.15, -0.1) is 0 Å². The first-order chi connectivity index (χ1) is 2.81. The average molecular weight is 81.1 g/mol. The fourth-order valence-electron chi connectivity index (χ4n) is 0.102. The van der Waals surface area contributed by atoms with Gasteiger partial charge in [0.15, 0.2) is 0 Å². The van der Waals surface area contributed by atoms with Gasteiger partial charge in [-0.3, -0.25) is 0 Å². The van der Waals surface area contributed by atoms with Gasteiger partial charge in [0, 0.05) is 0 Å². The first-order valence-electron chi connectivity index (χ1n) is 1.90. The van der Waals surface area contributed by atoms with Gasteiger partial charge in [-0.25, -0.2) is 0 Å². The predicted octanol–water partition coefficient (Wildman–Crippen LogP) is 1.95. The Labute approximate surface area is 39.2 Å². The fourth-order valence-corrected chi connectivity index (χ4v) is 0.102. The lowest BCUT2D eigenvalue weighted by atomic mass is 10.2. The zero-order valence-corrected chi connectivity index (χ0v) is 3.91. The van der Waals surface area contributed by atoms with Crippen molar-refractivity contribution < 1.29 is 0 Å². The molecule has 6 heavy (non-hydrogen) atoms. The molecule has 0 spiro atoms. The topological polar surface area (TPSA) is 0 Å². The Morgan fingerprint density at radius 2 is 2.17 bits per heavy atom. The minimum atomic E-state index is 0.767. The average Bonchev–Trinajstić information content (AvgIpc) is 1.65. The van der Waals surface area contributed by atoms with Crippen LogP contribution in [0.15, 0.2) is 24.8 Å². The molecular formula is C6H9. The highest BCUT2D eigenvalue weighted by Crippen LogP contribution is 1.92. The van der Waals surface area contributed by atoms with Crippen molar-refractivity contribution in [3.05, 3.63) is 31.7 Å². The minimum Gasteiger partial charge on any atom is -0.0988 e. The van der Waals surface area contributed by atoms with Gasteiger partial charge < -0.3 is 0 Å². The van der Waals surface area contributed by atoms with E-state index < -0.39 is 0 Å². The van der Waals surface area contributed by atoms with Crippen molar-refractivity contribution in [2.24, 2.45) is 0 Å². The van der Waals surface area contributed by atoms with Crippen LogP contribution in [0.2, 0.25) is 0 Å². The summed E-state index contributed by atoms with van der Waals surface area (Å²) in [6.45, 7) is 10.7. The summed E-state index contributed by atoms with van der Waals surface area (Å²) in [5, 5.41) is 0. The molecule has 0 fully saturated rings. The summed E-state index contributed by atoms with van der Waals surface area (Å²) in [4.78, 5) is 0. The van der Waals surface area contributed by atoms with Crippen LogP contribution >= 0.6 is 0 Å². The van der Waals surface area contributed by atoms with Gasteiger partial charge in [-0.1, -0.05) is 24.8 Å². The molecule has 0 heteroatoms. The molecule has 0 unspecified atom stereocenters. The van der Waals surface area contributed by atoms with Crippen LogP contribution in [0.3, 0.4) is 0 Å². The van der Waals surface area contributed by atoms with Gasteiger partial charge >= 0.3 is 0 Å². The molecule has 0 aromatic heterocycles. The summed E-state index contributed by atoms with van der Waals surface area (Å²) in [5.74, 6) is 0.